The quantitative estimate of drug-likeness (QED) is 0.141. The minimum absolute atomic E-state index is 0.183. The number of fused-ring (bicyclic) bond motifs is 21. The standard InChI is InChI=1S/C128H114B2N4/c1-121(2,3)83-45-37-47-89(71-83)131-111-78-112-108(77-107(111)129-105-61-33-35-63-109(105)133(91-73-85(123(7,8)9)69-86(74-91)124(10,11)12)115-67-79(65-113(131)119(115)129)93-53-39-55-99-97-51-27-29-57-101(97)127(117(93)99,81-41-21-19-22-42-81)82-43-23-20-24-44-82)130-106-62-34-36-64-110(106)134(92-75-87(125(13,14)15)70-88(76-92)126(16,17)18)116-68-80(66-114(120(116)130)132(112)90-48-38-46-84(72-90)122(4,5)6)94-54-40-56-100-98-52-28-32-60-104(98)128(118(94)100)102-58-30-25-49-95(102)96-50-26-31-59-103(96)128/h19-78H,1-18H3. The van der Waals surface area contributed by atoms with Crippen LogP contribution in [0.2, 0.25) is 0 Å². The molecule has 0 bridgehead atoms. The molecule has 3 aliphatic carbocycles. The minimum atomic E-state index is -0.716. The lowest BCUT2D eigenvalue weighted by molar-refractivity contribution is 0.568. The van der Waals surface area contributed by atoms with Gasteiger partial charge in [0.15, 0.2) is 0 Å². The van der Waals surface area contributed by atoms with Gasteiger partial charge >= 0.3 is 0 Å². The molecule has 17 aromatic carbocycles. The average Bonchev–Trinajstić information content (AvgIpc) is 1.55. The second kappa shape index (κ2) is 29.3. The van der Waals surface area contributed by atoms with Crippen LogP contribution in [0.25, 0.3) is 55.6 Å². The monoisotopic (exact) mass is 1730 g/mol. The lowest BCUT2D eigenvalue weighted by Crippen LogP contribution is -2.65. The van der Waals surface area contributed by atoms with Crippen LogP contribution < -0.4 is 52.4 Å². The number of rotatable bonds is 8. The van der Waals surface area contributed by atoms with Gasteiger partial charge in [-0.15, -0.1) is 0 Å². The molecular formula is C128H114B2N4. The van der Waals surface area contributed by atoms with Gasteiger partial charge in [-0.2, -0.15) is 0 Å². The summed E-state index contributed by atoms with van der Waals surface area (Å²) in [5.41, 5.74) is 49.3. The van der Waals surface area contributed by atoms with E-state index in [0.29, 0.717) is 0 Å². The van der Waals surface area contributed by atoms with Gasteiger partial charge in [-0.1, -0.05) is 398 Å². The maximum atomic E-state index is 2.76. The zero-order chi connectivity index (χ0) is 92.1. The highest BCUT2D eigenvalue weighted by Gasteiger charge is 2.56. The van der Waals surface area contributed by atoms with Crippen LogP contribution in [0, 0.1) is 0 Å². The molecule has 1 spiro atoms. The van der Waals surface area contributed by atoms with Gasteiger partial charge in [0.25, 0.3) is 13.4 Å². The molecule has 0 saturated carbocycles. The number of hydrogen-bond donors (Lipinski definition) is 0. The normalized spacial score (nSPS) is 14.8. The Morgan fingerprint density at radius 1 is 0.187 bits per heavy atom. The first kappa shape index (κ1) is 83.2. The summed E-state index contributed by atoms with van der Waals surface area (Å²) in [6.45, 7) is 42.4. The van der Waals surface area contributed by atoms with Crippen molar-refractivity contribution < 1.29 is 0 Å². The van der Waals surface area contributed by atoms with Gasteiger partial charge in [0.2, 0.25) is 0 Å². The largest absolute Gasteiger partial charge is 0.311 e. The van der Waals surface area contributed by atoms with E-state index in [-0.39, 0.29) is 45.9 Å². The molecule has 652 valence electrons. The Morgan fingerprint density at radius 2 is 0.463 bits per heavy atom. The molecule has 24 rings (SSSR count). The number of para-hydroxylation sites is 2. The smallest absolute Gasteiger partial charge is 0.252 e. The predicted octanol–water partition coefficient (Wildman–Crippen LogP) is 29.7. The summed E-state index contributed by atoms with van der Waals surface area (Å²) in [5, 5.41) is 0. The summed E-state index contributed by atoms with van der Waals surface area (Å²) in [6.07, 6.45) is 0. The summed E-state index contributed by atoms with van der Waals surface area (Å²) in [5.74, 6) is 0. The number of hydrogen-bond acceptors (Lipinski definition) is 4. The molecule has 0 amide bonds. The first-order valence-electron chi connectivity index (χ1n) is 48.5. The predicted molar refractivity (Wildman–Crippen MR) is 571 cm³/mol. The molecule has 17 aromatic rings. The molecule has 6 heteroatoms. The van der Waals surface area contributed by atoms with E-state index < -0.39 is 10.8 Å². The molecule has 0 fully saturated rings. The lowest BCUT2D eigenvalue weighted by atomic mass is 9.30. The minimum Gasteiger partial charge on any atom is -0.311 e. The third kappa shape index (κ3) is 12.2. The SMILES string of the molecule is CC(C)(C)c1cccc(N2c3cc4c(cc3B3c5ccccc5N(c5cc(C(C)(C)C)cc(C(C)(C)C)c5)c5cc(-c6cccc7c6C(c6ccccc6)(c6ccccc6)c6ccccc6-7)cc2c53)B2c3ccccc3N(c3cc(C(C)(C)C)cc(C(C)(C)C)c3)c3cc(-c5cccc6c5C5(c7ccccc7-c7ccccc75)c5ccccc5-6)cc(c32)N4c2cccc(C(C)(C)C)c2)c1. The van der Waals surface area contributed by atoms with Crippen LogP contribution in [0.5, 0.6) is 0 Å². The van der Waals surface area contributed by atoms with E-state index in [1.54, 1.807) is 0 Å². The molecule has 0 N–H and O–H groups in total. The van der Waals surface area contributed by atoms with Crippen LogP contribution in [0.15, 0.2) is 364 Å². The Kier molecular flexibility index (Phi) is 18.2. The number of benzene rings is 17. The molecular weight excluding hydrogens is 1620 g/mol. The van der Waals surface area contributed by atoms with E-state index >= 15 is 0 Å². The number of nitrogens with zero attached hydrogens (tertiary/aromatic N) is 4. The van der Waals surface area contributed by atoms with Crippen molar-refractivity contribution in [3.05, 3.63) is 442 Å². The fourth-order valence-electron chi connectivity index (χ4n) is 24.4. The highest BCUT2D eigenvalue weighted by atomic mass is 15.2. The molecule has 4 nitrogen and oxygen atoms in total. The fourth-order valence-corrected chi connectivity index (χ4v) is 24.4. The molecule has 0 atom stereocenters. The zero-order valence-electron chi connectivity index (χ0n) is 80.6. The molecule has 0 unspecified atom stereocenters. The first-order valence-corrected chi connectivity index (χ1v) is 48.5. The Labute approximate surface area is 793 Å². The van der Waals surface area contributed by atoms with Crippen molar-refractivity contribution >= 4 is 114 Å². The van der Waals surface area contributed by atoms with Crippen molar-refractivity contribution in [1.29, 1.82) is 0 Å². The van der Waals surface area contributed by atoms with Crippen LogP contribution in [0.4, 0.5) is 68.2 Å². The fraction of sp³-hybridized carbons (Fsp3) is 0.203. The third-order valence-electron chi connectivity index (χ3n) is 30.9. The summed E-state index contributed by atoms with van der Waals surface area (Å²) >= 11 is 0. The molecule has 0 radical (unpaired) electrons. The Bertz CT molecular complexity index is 7260. The van der Waals surface area contributed by atoms with E-state index in [4.69, 9.17) is 0 Å². The van der Waals surface area contributed by atoms with Gasteiger partial charge in [-0.25, -0.2) is 0 Å². The van der Waals surface area contributed by atoms with Gasteiger partial charge in [-0.3, -0.25) is 0 Å². The topological polar surface area (TPSA) is 13.0 Å². The van der Waals surface area contributed by atoms with E-state index in [2.05, 4.69) is 508 Å². The molecule has 0 aromatic heterocycles. The van der Waals surface area contributed by atoms with E-state index in [1.165, 1.54) is 178 Å². The summed E-state index contributed by atoms with van der Waals surface area (Å²) in [7, 11) is 0. The Balaban J connectivity index is 0.852. The van der Waals surface area contributed by atoms with Gasteiger partial charge in [-0.05, 0) is 290 Å². The van der Waals surface area contributed by atoms with E-state index in [9.17, 15) is 0 Å². The molecule has 0 saturated heterocycles. The van der Waals surface area contributed by atoms with Crippen molar-refractivity contribution in [1.82, 2.24) is 0 Å². The molecule has 134 heavy (non-hydrogen) atoms. The van der Waals surface area contributed by atoms with Crippen molar-refractivity contribution in [2.45, 2.75) is 168 Å². The maximum absolute atomic E-state index is 2.76. The summed E-state index contributed by atoms with van der Waals surface area (Å²) in [6, 6.07) is 144. The third-order valence-corrected chi connectivity index (χ3v) is 30.9. The van der Waals surface area contributed by atoms with Crippen LogP contribution in [-0.2, 0) is 43.3 Å². The first-order chi connectivity index (χ1) is 64.3. The Hall–Kier alpha value is -13.9. The van der Waals surface area contributed by atoms with Crippen molar-refractivity contribution in [2.75, 3.05) is 19.6 Å². The van der Waals surface area contributed by atoms with E-state index in [1.807, 2.05) is 0 Å². The highest BCUT2D eigenvalue weighted by Crippen LogP contribution is 2.66. The number of anilines is 12. The molecule has 4 aliphatic heterocycles. The second-order valence-corrected chi connectivity index (χ2v) is 45.2. The summed E-state index contributed by atoms with van der Waals surface area (Å²) in [4.78, 5) is 10.9. The van der Waals surface area contributed by atoms with Gasteiger partial charge in [0.05, 0.1) is 10.8 Å². The van der Waals surface area contributed by atoms with Crippen molar-refractivity contribution in [3.8, 4) is 55.6 Å². The van der Waals surface area contributed by atoms with Crippen molar-refractivity contribution in [3.63, 3.8) is 0 Å². The van der Waals surface area contributed by atoms with Crippen molar-refractivity contribution in [2.24, 2.45) is 0 Å². The summed E-state index contributed by atoms with van der Waals surface area (Å²) < 4.78 is 0. The van der Waals surface area contributed by atoms with Crippen LogP contribution >= 0.6 is 0 Å². The highest BCUT2D eigenvalue weighted by molar-refractivity contribution is 7.03. The van der Waals surface area contributed by atoms with Crippen LogP contribution in [-0.4, -0.2) is 13.4 Å². The lowest BCUT2D eigenvalue weighted by Gasteiger charge is -2.48. The molecule has 4 heterocycles. The van der Waals surface area contributed by atoms with Gasteiger partial charge < -0.3 is 19.6 Å². The average molecular weight is 1730 g/mol. The van der Waals surface area contributed by atoms with Gasteiger partial charge in [0.1, 0.15) is 0 Å². The molecule has 7 aliphatic rings. The second-order valence-electron chi connectivity index (χ2n) is 45.2. The van der Waals surface area contributed by atoms with Crippen LogP contribution in [0.1, 0.15) is 203 Å². The Morgan fingerprint density at radius 3 is 0.821 bits per heavy atom. The van der Waals surface area contributed by atoms with Gasteiger partial charge in [0, 0.05) is 68.2 Å². The zero-order valence-corrected chi connectivity index (χ0v) is 80.6. The van der Waals surface area contributed by atoms with E-state index in [0.717, 1.165) is 56.6 Å². The van der Waals surface area contributed by atoms with Crippen LogP contribution in [0.3, 0.4) is 0 Å². The maximum Gasteiger partial charge on any atom is 0.252 e.